The van der Waals surface area contributed by atoms with Crippen LogP contribution in [0.4, 0.5) is 34.1 Å². The SMILES string of the molecule is C[Si]1(C)c2cc3c(cc2-c2c1cc(N(c1ccccc1)c1cccc4c1oc1ccccc14)c1c2oc2ccccc21)[Si](C)(C)c1cc(N(c2ccccc2)c2cccc4c2oc2ccccc24)c2c(oc4ccccc42)c1-3. The fourth-order valence-electron chi connectivity index (χ4n) is 13.8. The molecular formula is C70H48N2O4Si2. The van der Waals surface area contributed by atoms with Crippen molar-refractivity contribution in [3.63, 3.8) is 0 Å². The quantitative estimate of drug-likeness (QED) is 0.155. The summed E-state index contributed by atoms with van der Waals surface area (Å²) in [4.78, 5) is 4.83. The van der Waals surface area contributed by atoms with Crippen molar-refractivity contribution in [1.82, 2.24) is 0 Å². The number of nitrogens with zero attached hydrogens (tertiary/aromatic N) is 2. The first-order chi connectivity index (χ1) is 38.2. The van der Waals surface area contributed by atoms with E-state index in [1.807, 2.05) is 12.1 Å². The smallest absolute Gasteiger partial charge is 0.159 e. The highest BCUT2D eigenvalue weighted by Gasteiger charge is 2.47. The standard InChI is InChI=1S/C70H48N2O4Si2/c1-77(2)59-37-50-60(38-49(59)65-61(77)39-53(63-47-27-13-17-35-57(47)75-69(63)65)71(41-21-7-5-8-22-41)51-31-19-29-45-43-25-11-15-33-55(43)73-67(45)51)78(3,4)62-40-54(64-48-28-14-18-36-58(48)76-70(64)66(50)62)72(42-23-9-6-10-24-42)52-32-20-30-46-44-26-12-16-34-56(44)74-68(46)52/h5-40H,1-4H3. The normalized spacial score (nSPS) is 14.1. The van der Waals surface area contributed by atoms with Crippen molar-refractivity contribution in [2.75, 3.05) is 9.80 Å². The lowest BCUT2D eigenvalue weighted by atomic mass is 9.96. The van der Waals surface area contributed by atoms with Crippen molar-refractivity contribution in [2.24, 2.45) is 0 Å². The maximum Gasteiger partial charge on any atom is 0.159 e. The van der Waals surface area contributed by atoms with Gasteiger partial charge in [0.15, 0.2) is 11.2 Å². The van der Waals surface area contributed by atoms with Crippen LogP contribution in [0.2, 0.25) is 26.2 Å². The van der Waals surface area contributed by atoms with E-state index in [2.05, 4.69) is 242 Å². The van der Waals surface area contributed by atoms with Gasteiger partial charge in [-0.3, -0.25) is 0 Å². The minimum absolute atomic E-state index is 0.851. The molecule has 0 saturated carbocycles. The van der Waals surface area contributed by atoms with Crippen molar-refractivity contribution < 1.29 is 17.7 Å². The molecular weight excluding hydrogens is 989 g/mol. The molecule has 0 unspecified atom stereocenters. The van der Waals surface area contributed by atoms with Crippen LogP contribution in [0.3, 0.4) is 0 Å². The van der Waals surface area contributed by atoms with Crippen molar-refractivity contribution in [1.29, 1.82) is 0 Å². The zero-order valence-electron chi connectivity index (χ0n) is 43.3. The minimum atomic E-state index is -2.52. The molecule has 0 bridgehead atoms. The van der Waals surface area contributed by atoms with Gasteiger partial charge in [0, 0.05) is 54.8 Å². The van der Waals surface area contributed by atoms with E-state index in [1.54, 1.807) is 0 Å². The Morgan fingerprint density at radius 2 is 0.615 bits per heavy atom. The second kappa shape index (κ2) is 15.6. The average Bonchev–Trinajstić information content (AvgIpc) is 3.95. The van der Waals surface area contributed by atoms with Gasteiger partial charge >= 0.3 is 0 Å². The van der Waals surface area contributed by atoms with Crippen LogP contribution in [-0.4, -0.2) is 16.1 Å². The van der Waals surface area contributed by atoms with Gasteiger partial charge < -0.3 is 27.5 Å². The molecule has 6 heterocycles. The molecule has 0 fully saturated rings. The van der Waals surface area contributed by atoms with Crippen LogP contribution in [-0.2, 0) is 0 Å². The Morgan fingerprint density at radius 1 is 0.282 bits per heavy atom. The number of rotatable bonds is 6. The summed E-state index contributed by atoms with van der Waals surface area (Å²) in [6.07, 6.45) is 0. The number of anilines is 6. The largest absolute Gasteiger partial charge is 0.455 e. The number of hydrogen-bond acceptors (Lipinski definition) is 6. The van der Waals surface area contributed by atoms with Crippen molar-refractivity contribution in [2.45, 2.75) is 26.2 Å². The van der Waals surface area contributed by atoms with Gasteiger partial charge in [0.1, 0.15) is 49.6 Å². The minimum Gasteiger partial charge on any atom is -0.455 e. The third kappa shape index (κ3) is 5.80. The maximum absolute atomic E-state index is 7.30. The Hall–Kier alpha value is -9.35. The predicted octanol–water partition coefficient (Wildman–Crippen LogP) is 17.8. The molecule has 6 nitrogen and oxygen atoms in total. The monoisotopic (exact) mass is 1040 g/mol. The molecule has 78 heavy (non-hydrogen) atoms. The van der Waals surface area contributed by atoms with E-state index in [9.17, 15) is 0 Å². The molecule has 0 saturated heterocycles. The van der Waals surface area contributed by atoms with Crippen molar-refractivity contribution >= 4 is 159 Å². The number of benzene rings is 11. The van der Waals surface area contributed by atoms with Crippen LogP contribution in [0.5, 0.6) is 0 Å². The summed E-state index contributed by atoms with van der Waals surface area (Å²) in [7, 11) is -5.04. The number of furan rings is 4. The average molecular weight is 1040 g/mol. The molecule has 370 valence electrons. The fourth-order valence-corrected chi connectivity index (χ4v) is 19.8. The summed E-state index contributed by atoms with van der Waals surface area (Å²) in [6.45, 7) is 10.1. The maximum atomic E-state index is 7.30. The predicted molar refractivity (Wildman–Crippen MR) is 329 cm³/mol. The third-order valence-electron chi connectivity index (χ3n) is 17.4. The van der Waals surface area contributed by atoms with E-state index in [1.165, 1.54) is 43.0 Å². The van der Waals surface area contributed by atoms with Crippen LogP contribution in [0.15, 0.2) is 236 Å². The highest BCUT2D eigenvalue weighted by molar-refractivity contribution is 7.06. The molecule has 17 rings (SSSR count). The van der Waals surface area contributed by atoms with E-state index < -0.39 is 16.1 Å². The van der Waals surface area contributed by atoms with Gasteiger partial charge in [0.25, 0.3) is 0 Å². The first kappa shape index (κ1) is 43.8. The topological polar surface area (TPSA) is 59.0 Å². The summed E-state index contributed by atoms with van der Waals surface area (Å²) in [6, 6.07) is 78.6. The summed E-state index contributed by atoms with van der Waals surface area (Å²) in [5.74, 6) is 0. The second-order valence-electron chi connectivity index (χ2n) is 22.3. The number of fused-ring (bicyclic) bond motifs is 20. The molecule has 0 radical (unpaired) electrons. The third-order valence-corrected chi connectivity index (χ3v) is 24.4. The summed E-state index contributed by atoms with van der Waals surface area (Å²) >= 11 is 0. The van der Waals surface area contributed by atoms with Crippen LogP contribution in [0, 0.1) is 0 Å². The van der Waals surface area contributed by atoms with E-state index in [4.69, 9.17) is 17.7 Å². The number of para-hydroxylation sites is 8. The van der Waals surface area contributed by atoms with Crippen molar-refractivity contribution in [3.05, 3.63) is 218 Å². The molecule has 8 heteroatoms. The zero-order valence-corrected chi connectivity index (χ0v) is 45.3. The lowest BCUT2D eigenvalue weighted by Crippen LogP contribution is -2.51. The summed E-state index contributed by atoms with van der Waals surface area (Å²) in [5, 5.41) is 14.3. The molecule has 0 atom stereocenters. The molecule has 0 amide bonds. The van der Waals surface area contributed by atoms with Gasteiger partial charge in [-0.25, -0.2) is 0 Å². The van der Waals surface area contributed by atoms with Crippen LogP contribution in [0.25, 0.3) is 110 Å². The first-order valence-corrected chi connectivity index (χ1v) is 32.9. The second-order valence-corrected chi connectivity index (χ2v) is 30.9. The molecule has 0 spiro atoms. The van der Waals surface area contributed by atoms with Gasteiger partial charge in [0.2, 0.25) is 0 Å². The van der Waals surface area contributed by atoms with Gasteiger partial charge in [-0.05, 0) is 105 Å². The highest BCUT2D eigenvalue weighted by Crippen LogP contribution is 2.53. The lowest BCUT2D eigenvalue weighted by molar-refractivity contribution is 0.668. The molecule has 2 aliphatic rings. The molecule has 4 aromatic heterocycles. The molecule has 0 aliphatic carbocycles. The van der Waals surface area contributed by atoms with Gasteiger partial charge in [-0.2, -0.15) is 0 Å². The van der Waals surface area contributed by atoms with Crippen LogP contribution < -0.4 is 30.5 Å². The van der Waals surface area contributed by atoms with Gasteiger partial charge in [-0.15, -0.1) is 0 Å². The Morgan fingerprint density at radius 3 is 1.03 bits per heavy atom. The van der Waals surface area contributed by atoms with E-state index in [-0.39, 0.29) is 0 Å². The zero-order chi connectivity index (χ0) is 51.8. The van der Waals surface area contributed by atoms with E-state index in [0.29, 0.717) is 0 Å². The van der Waals surface area contributed by atoms with Crippen LogP contribution in [0.1, 0.15) is 0 Å². The molecule has 0 N–H and O–H groups in total. The molecule has 15 aromatic rings. The Bertz CT molecular complexity index is 4740. The number of hydrogen-bond donors (Lipinski definition) is 0. The lowest BCUT2D eigenvalue weighted by Gasteiger charge is -2.28. The Kier molecular flexibility index (Phi) is 8.79. The Balaban J connectivity index is 0.921. The molecule has 11 aromatic carbocycles. The highest BCUT2D eigenvalue weighted by atomic mass is 28.3. The van der Waals surface area contributed by atoms with Gasteiger partial charge in [-0.1, -0.05) is 172 Å². The first-order valence-electron chi connectivity index (χ1n) is 26.9. The summed E-state index contributed by atoms with van der Waals surface area (Å²) < 4.78 is 28.3. The molecule has 2 aliphatic heterocycles. The van der Waals surface area contributed by atoms with Gasteiger partial charge in [0.05, 0.1) is 33.5 Å². The van der Waals surface area contributed by atoms with Crippen molar-refractivity contribution in [3.8, 4) is 22.3 Å². The fraction of sp³-hybridized carbons (Fsp3) is 0.0571. The van der Waals surface area contributed by atoms with E-state index in [0.717, 1.165) is 122 Å². The van der Waals surface area contributed by atoms with Crippen LogP contribution >= 0.6 is 0 Å². The van der Waals surface area contributed by atoms with E-state index >= 15 is 0 Å². The Labute approximate surface area is 450 Å². The summed E-state index contributed by atoms with van der Waals surface area (Å²) in [5.41, 5.74) is 18.3.